The average Bonchev–Trinajstić information content (AvgIpc) is 2.45. The van der Waals surface area contributed by atoms with Crippen molar-refractivity contribution in [2.45, 2.75) is 19.4 Å². The summed E-state index contributed by atoms with van der Waals surface area (Å²) in [4.78, 5) is 11.4. The van der Waals surface area contributed by atoms with Crippen LogP contribution in [0.4, 0.5) is 0 Å². The molecule has 1 atom stereocenters. The van der Waals surface area contributed by atoms with Crippen LogP contribution in [0.3, 0.4) is 0 Å². The van der Waals surface area contributed by atoms with E-state index in [0.29, 0.717) is 12.3 Å². The van der Waals surface area contributed by atoms with Gasteiger partial charge >= 0.3 is 5.97 Å². The van der Waals surface area contributed by atoms with Gasteiger partial charge in [-0.25, -0.2) is 0 Å². The molecule has 0 spiro atoms. The summed E-state index contributed by atoms with van der Waals surface area (Å²) in [6.07, 6.45) is 0. The highest BCUT2D eigenvalue weighted by Crippen LogP contribution is 2.25. The van der Waals surface area contributed by atoms with Crippen molar-refractivity contribution in [3.8, 4) is 5.75 Å². The standard InChI is InChI=1S/C16H19NO3/c1-3-17-16(2,15(18)19)11-20-14-10-6-8-12-7-4-5-9-13(12)14/h4-10,17H,3,11H2,1-2H3,(H,18,19). The summed E-state index contributed by atoms with van der Waals surface area (Å²) in [7, 11) is 0. The van der Waals surface area contributed by atoms with E-state index in [0.717, 1.165) is 10.8 Å². The van der Waals surface area contributed by atoms with Crippen molar-refractivity contribution in [1.29, 1.82) is 0 Å². The number of benzene rings is 2. The van der Waals surface area contributed by atoms with Crippen molar-refractivity contribution < 1.29 is 14.6 Å². The molecule has 20 heavy (non-hydrogen) atoms. The van der Waals surface area contributed by atoms with Gasteiger partial charge in [-0.3, -0.25) is 10.1 Å². The number of hydrogen-bond donors (Lipinski definition) is 2. The minimum Gasteiger partial charge on any atom is -0.490 e. The number of fused-ring (bicyclic) bond motifs is 1. The second-order valence-corrected chi connectivity index (χ2v) is 4.93. The quantitative estimate of drug-likeness (QED) is 0.849. The van der Waals surface area contributed by atoms with Crippen LogP contribution in [0.5, 0.6) is 5.75 Å². The van der Waals surface area contributed by atoms with Gasteiger partial charge in [0, 0.05) is 5.39 Å². The molecule has 0 saturated carbocycles. The molecule has 0 fully saturated rings. The molecule has 4 nitrogen and oxygen atoms in total. The topological polar surface area (TPSA) is 58.6 Å². The molecule has 0 bridgehead atoms. The van der Waals surface area contributed by atoms with Crippen molar-refractivity contribution in [2.75, 3.05) is 13.2 Å². The number of nitrogens with one attached hydrogen (secondary N) is 1. The molecule has 2 N–H and O–H groups in total. The monoisotopic (exact) mass is 273 g/mol. The average molecular weight is 273 g/mol. The van der Waals surface area contributed by atoms with Crippen LogP contribution in [-0.2, 0) is 4.79 Å². The van der Waals surface area contributed by atoms with E-state index in [1.165, 1.54) is 0 Å². The highest BCUT2D eigenvalue weighted by atomic mass is 16.5. The van der Waals surface area contributed by atoms with E-state index in [4.69, 9.17) is 4.74 Å². The highest BCUT2D eigenvalue weighted by molar-refractivity contribution is 5.88. The number of ether oxygens (including phenoxy) is 1. The maximum absolute atomic E-state index is 11.4. The Morgan fingerprint density at radius 1 is 1.25 bits per heavy atom. The largest absolute Gasteiger partial charge is 0.490 e. The van der Waals surface area contributed by atoms with Crippen molar-refractivity contribution >= 4 is 16.7 Å². The zero-order valence-corrected chi connectivity index (χ0v) is 11.7. The zero-order chi connectivity index (χ0) is 14.6. The van der Waals surface area contributed by atoms with E-state index in [9.17, 15) is 9.90 Å². The molecule has 0 aliphatic carbocycles. The molecule has 2 aromatic carbocycles. The van der Waals surface area contributed by atoms with Crippen molar-refractivity contribution in [3.63, 3.8) is 0 Å². The molecular formula is C16H19NO3. The normalized spacial score (nSPS) is 13.9. The Morgan fingerprint density at radius 3 is 2.65 bits per heavy atom. The van der Waals surface area contributed by atoms with E-state index in [2.05, 4.69) is 5.32 Å². The van der Waals surface area contributed by atoms with Crippen molar-refractivity contribution in [2.24, 2.45) is 0 Å². The molecule has 0 aromatic heterocycles. The number of likely N-dealkylation sites (N-methyl/N-ethyl adjacent to an activating group) is 1. The molecule has 0 heterocycles. The summed E-state index contributed by atoms with van der Waals surface area (Å²) in [5.74, 6) is -0.215. The highest BCUT2D eigenvalue weighted by Gasteiger charge is 2.33. The summed E-state index contributed by atoms with van der Waals surface area (Å²) in [6, 6.07) is 13.6. The number of carboxylic acids is 1. The van der Waals surface area contributed by atoms with E-state index >= 15 is 0 Å². The zero-order valence-electron chi connectivity index (χ0n) is 11.7. The van der Waals surface area contributed by atoms with Crippen LogP contribution in [0.1, 0.15) is 13.8 Å². The molecule has 0 amide bonds. The maximum atomic E-state index is 11.4. The predicted molar refractivity (Wildman–Crippen MR) is 79.2 cm³/mol. The Morgan fingerprint density at radius 2 is 1.95 bits per heavy atom. The molecule has 1 unspecified atom stereocenters. The van der Waals surface area contributed by atoms with Gasteiger partial charge in [-0.05, 0) is 24.9 Å². The lowest BCUT2D eigenvalue weighted by Gasteiger charge is -2.26. The van der Waals surface area contributed by atoms with E-state index in [-0.39, 0.29) is 6.61 Å². The SMILES string of the molecule is CCNC(C)(COc1cccc2ccccc12)C(=O)O. The minimum atomic E-state index is -1.09. The number of carbonyl (C=O) groups is 1. The fourth-order valence-electron chi connectivity index (χ4n) is 2.12. The summed E-state index contributed by atoms with van der Waals surface area (Å²) >= 11 is 0. The summed E-state index contributed by atoms with van der Waals surface area (Å²) < 4.78 is 5.75. The first kappa shape index (κ1) is 14.3. The van der Waals surface area contributed by atoms with Gasteiger partial charge in [0.2, 0.25) is 0 Å². The van der Waals surface area contributed by atoms with Crippen LogP contribution in [0.15, 0.2) is 42.5 Å². The predicted octanol–water partition coefficient (Wildman–Crippen LogP) is 2.67. The molecule has 4 heteroatoms. The van der Waals surface area contributed by atoms with Gasteiger partial charge in [0.15, 0.2) is 0 Å². The van der Waals surface area contributed by atoms with Gasteiger partial charge in [0.25, 0.3) is 0 Å². The molecule has 0 aliphatic rings. The third-order valence-electron chi connectivity index (χ3n) is 3.30. The molecule has 2 rings (SSSR count). The van der Waals surface area contributed by atoms with Crippen LogP contribution in [0.2, 0.25) is 0 Å². The van der Waals surface area contributed by atoms with Gasteiger partial charge in [-0.1, -0.05) is 43.3 Å². The molecular weight excluding hydrogens is 254 g/mol. The lowest BCUT2D eigenvalue weighted by molar-refractivity contribution is -0.145. The third-order valence-corrected chi connectivity index (χ3v) is 3.30. The molecule has 0 aliphatic heterocycles. The minimum absolute atomic E-state index is 0.0736. The summed E-state index contributed by atoms with van der Waals surface area (Å²) in [5, 5.41) is 14.3. The first-order valence-corrected chi connectivity index (χ1v) is 6.66. The lowest BCUT2D eigenvalue weighted by atomic mass is 10.0. The van der Waals surface area contributed by atoms with Crippen molar-refractivity contribution in [3.05, 3.63) is 42.5 Å². The number of hydrogen-bond acceptors (Lipinski definition) is 3. The second-order valence-electron chi connectivity index (χ2n) is 4.93. The van der Waals surface area contributed by atoms with Crippen LogP contribution in [-0.4, -0.2) is 29.8 Å². The van der Waals surface area contributed by atoms with E-state index in [1.54, 1.807) is 6.92 Å². The van der Waals surface area contributed by atoms with Crippen LogP contribution in [0, 0.1) is 0 Å². The van der Waals surface area contributed by atoms with Crippen LogP contribution in [0.25, 0.3) is 10.8 Å². The molecule has 2 aromatic rings. The van der Waals surface area contributed by atoms with Crippen molar-refractivity contribution in [1.82, 2.24) is 5.32 Å². The van der Waals surface area contributed by atoms with Crippen LogP contribution >= 0.6 is 0 Å². The summed E-state index contributed by atoms with van der Waals surface area (Å²) in [6.45, 7) is 4.15. The summed E-state index contributed by atoms with van der Waals surface area (Å²) in [5.41, 5.74) is -1.09. The van der Waals surface area contributed by atoms with Gasteiger partial charge in [-0.15, -0.1) is 0 Å². The maximum Gasteiger partial charge on any atom is 0.327 e. The second kappa shape index (κ2) is 5.92. The first-order valence-electron chi connectivity index (χ1n) is 6.66. The third kappa shape index (κ3) is 2.91. The lowest BCUT2D eigenvalue weighted by Crippen LogP contribution is -2.53. The number of aliphatic carboxylic acids is 1. The first-order chi connectivity index (χ1) is 9.57. The van der Waals surface area contributed by atoms with Crippen LogP contribution < -0.4 is 10.1 Å². The fourth-order valence-corrected chi connectivity index (χ4v) is 2.12. The molecule has 0 saturated heterocycles. The molecule has 106 valence electrons. The number of carboxylic acid groups (broad SMARTS) is 1. The Kier molecular flexibility index (Phi) is 4.25. The van der Waals surface area contributed by atoms with Gasteiger partial charge in [0.05, 0.1) is 0 Å². The van der Waals surface area contributed by atoms with E-state index < -0.39 is 11.5 Å². The Hall–Kier alpha value is -2.07. The smallest absolute Gasteiger partial charge is 0.327 e. The van der Waals surface area contributed by atoms with Gasteiger partial charge in [-0.2, -0.15) is 0 Å². The van der Waals surface area contributed by atoms with E-state index in [1.807, 2.05) is 49.4 Å². The van der Waals surface area contributed by atoms with Gasteiger partial charge < -0.3 is 9.84 Å². The molecule has 0 radical (unpaired) electrons. The Labute approximate surface area is 118 Å². The Bertz CT molecular complexity index is 606. The fraction of sp³-hybridized carbons (Fsp3) is 0.312. The Balaban J connectivity index is 2.22. The number of rotatable bonds is 6. The van der Waals surface area contributed by atoms with Gasteiger partial charge in [0.1, 0.15) is 17.9 Å².